The highest BCUT2D eigenvalue weighted by Crippen LogP contribution is 2.43. The number of hydrogen-bond donors (Lipinski definition) is 8. The lowest BCUT2D eigenvalue weighted by Gasteiger charge is -2.15. The quantitative estimate of drug-likeness (QED) is 0.0684. The van der Waals surface area contributed by atoms with Crippen molar-refractivity contribution in [2.75, 3.05) is 0 Å². The summed E-state index contributed by atoms with van der Waals surface area (Å²) in [6, 6.07) is 19.3. The number of aryl methyl sites for hydroxylation is 6. The van der Waals surface area contributed by atoms with Crippen molar-refractivity contribution < 1.29 is 20.1 Å². The average molecular weight is 771 g/mol. The maximum Gasteiger partial charge on any atom is 0.128 e. The Balaban J connectivity index is 1.12. The van der Waals surface area contributed by atoms with Crippen molar-refractivity contribution >= 4 is 46.2 Å². The maximum absolute atomic E-state index is 11.5. The Morgan fingerprint density at radius 1 is 0.655 bits per heavy atom. The second-order valence-corrected chi connectivity index (χ2v) is 14.9. The summed E-state index contributed by atoms with van der Waals surface area (Å²) in [4.78, 5) is 3.44. The van der Waals surface area contributed by atoms with Crippen LogP contribution in [0.1, 0.15) is 47.5 Å². The smallest absolute Gasteiger partial charge is 0.128 e. The Kier molecular flexibility index (Phi) is 8.97. The molecule has 0 saturated heterocycles. The molecule has 0 amide bonds. The topological polar surface area (TPSA) is 154 Å². The van der Waals surface area contributed by atoms with Crippen molar-refractivity contribution in [1.29, 1.82) is 0 Å². The summed E-state index contributed by atoms with van der Waals surface area (Å²) < 4.78 is 9.70. The van der Waals surface area contributed by atoms with Crippen molar-refractivity contribution in [3.05, 3.63) is 104 Å². The number of aromatic nitrogens is 6. The van der Waals surface area contributed by atoms with Crippen molar-refractivity contribution in [3.63, 3.8) is 0 Å². The first-order valence-corrected chi connectivity index (χ1v) is 19.0. The number of H-pyrrole nitrogens is 5. The summed E-state index contributed by atoms with van der Waals surface area (Å²) in [6.07, 6.45) is 1.29. The van der Waals surface area contributed by atoms with E-state index in [1.807, 2.05) is 32.2 Å². The Morgan fingerprint density at radius 3 is 1.87 bits per heavy atom. The number of aromatic hydroxyl groups is 3. The van der Waals surface area contributed by atoms with E-state index in [2.05, 4.69) is 81.9 Å². The van der Waals surface area contributed by atoms with E-state index in [9.17, 15) is 15.3 Å². The van der Waals surface area contributed by atoms with Crippen LogP contribution in [0.3, 0.4) is 0 Å². The molecule has 0 unspecified atom stereocenters. The van der Waals surface area contributed by atoms with Gasteiger partial charge in [-0.1, -0.05) is 50.4 Å². The molecule has 4 aromatic heterocycles. The van der Waals surface area contributed by atoms with Gasteiger partial charge in [-0.3, -0.25) is 20.4 Å². The molecule has 4 aromatic carbocycles. The van der Waals surface area contributed by atoms with E-state index in [0.29, 0.717) is 50.4 Å². The van der Waals surface area contributed by atoms with Crippen molar-refractivity contribution in [2.45, 2.75) is 54.1 Å². The molecule has 0 aliphatic rings. The zero-order valence-electron chi connectivity index (χ0n) is 31.4. The highest BCUT2D eigenvalue weighted by atomic mass is 32.1. The Morgan fingerprint density at radius 2 is 1.24 bits per heavy atom. The summed E-state index contributed by atoms with van der Waals surface area (Å²) >= 11 is 11.5. The molecule has 8 N–H and O–H groups in total. The van der Waals surface area contributed by atoms with Gasteiger partial charge in [0.1, 0.15) is 38.9 Å². The molecule has 10 nitrogen and oxygen atoms in total. The van der Waals surface area contributed by atoms with Gasteiger partial charge in [0, 0.05) is 68.9 Å². The molecule has 0 bridgehead atoms. The Hall–Kier alpha value is -5.98. The van der Waals surface area contributed by atoms with Crippen LogP contribution in [0.2, 0.25) is 0 Å². The Bertz CT molecular complexity index is 2940. The van der Waals surface area contributed by atoms with Gasteiger partial charge in [-0.05, 0) is 103 Å². The van der Waals surface area contributed by atoms with E-state index >= 15 is 0 Å². The van der Waals surface area contributed by atoms with Crippen LogP contribution in [0, 0.1) is 30.1 Å². The molecule has 0 aliphatic carbocycles. The number of nitrogens with zero attached hydrogens (tertiary/aromatic N) is 1. The number of hydrogen-bond acceptors (Lipinski definition) is 6. The van der Waals surface area contributed by atoms with Crippen LogP contribution in [0.25, 0.3) is 66.6 Å². The second-order valence-electron chi connectivity index (χ2n) is 14.1. The standard InChI is InChI=1S/C43H42N6O4S2/c1-7-23-13-29(35(51)17-34(23)50)40-39(43(55)48-45-40)26-10-12-32-28(16-26)21(4)33(49(32)6)19-53-37-18-36(52)30(14-24(37)8-2)41-38(42(54)47-46-41)25-9-11-31-27(15-25)20(3)22(5)44-31/h9-18,44,50-52H,7-8,19H2,1-6H3,(H2,45,48,55)(H2,46,47,54). The minimum Gasteiger partial charge on any atom is -0.508 e. The van der Waals surface area contributed by atoms with Gasteiger partial charge < -0.3 is 29.6 Å². The van der Waals surface area contributed by atoms with Gasteiger partial charge >= 0.3 is 0 Å². The highest BCUT2D eigenvalue weighted by Gasteiger charge is 2.22. The van der Waals surface area contributed by atoms with Crippen LogP contribution in [0.5, 0.6) is 23.0 Å². The molecule has 55 heavy (non-hydrogen) atoms. The molecular formula is C43H42N6O4S2. The molecule has 0 saturated carbocycles. The molecule has 0 aliphatic heterocycles. The SMILES string of the molecule is CCc1cc(-c2[nH][nH]c(=S)c2-c2ccc3c(c2)c(C)c(COc2cc(O)c(-c4[nH][nH]c(=S)c4-c4ccc5[nH]c(C)c(C)c5c4)cc2CC)n3C)c(O)cc1O. The van der Waals surface area contributed by atoms with Gasteiger partial charge in [0.05, 0.1) is 17.1 Å². The van der Waals surface area contributed by atoms with Crippen LogP contribution in [-0.4, -0.2) is 45.3 Å². The van der Waals surface area contributed by atoms with Crippen molar-refractivity contribution in [1.82, 2.24) is 29.9 Å². The zero-order valence-corrected chi connectivity index (χ0v) is 33.0. The number of phenols is 3. The summed E-state index contributed by atoms with van der Waals surface area (Å²) in [7, 11) is 2.02. The minimum atomic E-state index is -0.0421. The third kappa shape index (κ3) is 5.92. The first kappa shape index (κ1) is 36.0. The third-order valence-electron chi connectivity index (χ3n) is 11.1. The maximum atomic E-state index is 11.5. The molecule has 4 heterocycles. The van der Waals surface area contributed by atoms with Gasteiger partial charge in [0.2, 0.25) is 0 Å². The van der Waals surface area contributed by atoms with Gasteiger partial charge in [-0.25, -0.2) is 0 Å². The number of rotatable bonds is 9. The van der Waals surface area contributed by atoms with Gasteiger partial charge in [0.25, 0.3) is 0 Å². The van der Waals surface area contributed by atoms with E-state index in [-0.39, 0.29) is 23.9 Å². The molecule has 0 radical (unpaired) electrons. The van der Waals surface area contributed by atoms with E-state index < -0.39 is 0 Å². The lowest BCUT2D eigenvalue weighted by Crippen LogP contribution is -2.05. The predicted molar refractivity (Wildman–Crippen MR) is 224 cm³/mol. The third-order valence-corrected chi connectivity index (χ3v) is 11.7. The number of ether oxygens (including phenoxy) is 1. The molecule has 0 spiro atoms. The molecule has 8 rings (SSSR count). The van der Waals surface area contributed by atoms with Crippen LogP contribution in [-0.2, 0) is 26.5 Å². The summed E-state index contributed by atoms with van der Waals surface area (Å²) in [5.41, 5.74) is 14.1. The molecule has 0 fully saturated rings. The number of phenolic OH excluding ortho intramolecular Hbond substituents is 3. The number of nitrogens with one attached hydrogen (secondary N) is 5. The van der Waals surface area contributed by atoms with E-state index in [0.717, 1.165) is 72.1 Å². The summed E-state index contributed by atoms with van der Waals surface area (Å²) in [6.45, 7) is 10.6. The largest absolute Gasteiger partial charge is 0.508 e. The predicted octanol–water partition coefficient (Wildman–Crippen LogP) is 10.8. The molecule has 280 valence electrons. The number of aromatic amines is 5. The molecule has 12 heteroatoms. The molecular weight excluding hydrogens is 729 g/mol. The van der Waals surface area contributed by atoms with Crippen LogP contribution in [0.4, 0.5) is 0 Å². The lowest BCUT2D eigenvalue weighted by molar-refractivity contribution is 0.292. The number of benzene rings is 4. The van der Waals surface area contributed by atoms with E-state index in [4.69, 9.17) is 29.2 Å². The van der Waals surface area contributed by atoms with E-state index in [1.54, 1.807) is 12.1 Å². The highest BCUT2D eigenvalue weighted by molar-refractivity contribution is 7.71. The van der Waals surface area contributed by atoms with E-state index in [1.165, 1.54) is 11.6 Å². The molecule has 0 atom stereocenters. The van der Waals surface area contributed by atoms with Crippen LogP contribution in [0.15, 0.2) is 60.7 Å². The fourth-order valence-corrected chi connectivity index (χ4v) is 8.35. The first-order valence-electron chi connectivity index (χ1n) is 18.2. The normalized spacial score (nSPS) is 11.7. The Labute approximate surface area is 327 Å². The van der Waals surface area contributed by atoms with Crippen LogP contribution >= 0.6 is 24.4 Å². The molecule has 8 aromatic rings. The average Bonchev–Trinajstić information content (AvgIpc) is 3.89. The lowest BCUT2D eigenvalue weighted by atomic mass is 9.97. The zero-order chi connectivity index (χ0) is 38.9. The van der Waals surface area contributed by atoms with Crippen molar-refractivity contribution in [3.8, 4) is 67.8 Å². The van der Waals surface area contributed by atoms with Crippen molar-refractivity contribution in [2.24, 2.45) is 7.05 Å². The van der Waals surface area contributed by atoms with Gasteiger partial charge in [-0.15, -0.1) is 0 Å². The fraction of sp³-hybridized carbons (Fsp3) is 0.209. The number of fused-ring (bicyclic) bond motifs is 2. The fourth-order valence-electron chi connectivity index (χ4n) is 7.81. The second kappa shape index (κ2) is 13.7. The van der Waals surface area contributed by atoms with Gasteiger partial charge in [-0.2, -0.15) is 0 Å². The minimum absolute atomic E-state index is 0.0421. The van der Waals surface area contributed by atoms with Gasteiger partial charge in [0.15, 0.2) is 0 Å². The van der Waals surface area contributed by atoms with Crippen LogP contribution < -0.4 is 4.74 Å². The summed E-state index contributed by atoms with van der Waals surface area (Å²) in [5, 5.41) is 47.3. The summed E-state index contributed by atoms with van der Waals surface area (Å²) in [5.74, 6) is 0.697. The first-order chi connectivity index (χ1) is 26.4. The monoisotopic (exact) mass is 770 g/mol.